The second-order valence-electron chi connectivity index (χ2n) is 2.53. The molecule has 0 amide bonds. The lowest BCUT2D eigenvalue weighted by molar-refractivity contribution is 0.952. The fraction of sp³-hybridized carbons (Fsp3) is 0. The fourth-order valence-corrected chi connectivity index (χ4v) is 1.07. The minimum Gasteiger partial charge on any atom is -0.310 e. The van der Waals surface area contributed by atoms with Crippen LogP contribution in [0.4, 0.5) is 0 Å². The second kappa shape index (κ2) is 3.18. The van der Waals surface area contributed by atoms with E-state index < -0.39 is 0 Å². The van der Waals surface area contributed by atoms with Crippen molar-refractivity contribution in [3.05, 3.63) is 47.0 Å². The average Bonchev–Trinajstić information content (AvgIpc) is 2.20. The monoisotopic (exact) mass is 174 g/mol. The maximum Gasteiger partial charge on any atom is 0.277 e. The molecule has 0 fully saturated rings. The molecule has 2 rings (SSSR count). The van der Waals surface area contributed by atoms with E-state index in [9.17, 15) is 4.79 Å². The number of H-pyrrole nitrogens is 1. The highest BCUT2D eigenvalue weighted by molar-refractivity contribution is 5.56. The summed E-state index contributed by atoms with van der Waals surface area (Å²) in [6, 6.07) is 9.22. The molecule has 0 unspecified atom stereocenters. The highest BCUT2D eigenvalue weighted by Gasteiger charge is 2.02. The van der Waals surface area contributed by atoms with E-state index in [1.54, 1.807) is 0 Å². The molecule has 4 nitrogen and oxygen atoms in total. The highest BCUT2D eigenvalue weighted by atomic mass is 16.2. The SMILES string of the molecule is O=c1[15nH]cnnc1-c1ccccc1. The molecule has 0 aliphatic rings. The van der Waals surface area contributed by atoms with Crippen molar-refractivity contribution in [2.45, 2.75) is 0 Å². The molecular weight excluding hydrogens is 167 g/mol. The Morgan fingerprint density at radius 2 is 1.92 bits per heavy atom. The first-order valence-electron chi connectivity index (χ1n) is 3.84. The number of nitrogens with zero attached hydrogens (tertiary/aromatic N) is 2. The van der Waals surface area contributed by atoms with Gasteiger partial charge < -0.3 is 4.98 Å². The van der Waals surface area contributed by atoms with Crippen molar-refractivity contribution >= 4 is 0 Å². The Hall–Kier alpha value is -1.97. The number of aromatic nitrogens is 3. The molecule has 64 valence electrons. The van der Waals surface area contributed by atoms with Crippen LogP contribution in [0.5, 0.6) is 0 Å². The second-order valence-corrected chi connectivity index (χ2v) is 2.53. The van der Waals surface area contributed by atoms with E-state index in [4.69, 9.17) is 0 Å². The normalized spacial score (nSPS) is 9.85. The van der Waals surface area contributed by atoms with Gasteiger partial charge >= 0.3 is 0 Å². The van der Waals surface area contributed by atoms with Gasteiger partial charge in [0.25, 0.3) is 5.56 Å². The van der Waals surface area contributed by atoms with Crippen LogP contribution < -0.4 is 5.56 Å². The zero-order valence-corrected chi connectivity index (χ0v) is 6.77. The molecule has 0 saturated carbocycles. The van der Waals surface area contributed by atoms with E-state index in [1.807, 2.05) is 30.3 Å². The minimum atomic E-state index is -0.221. The molecule has 0 radical (unpaired) electrons. The summed E-state index contributed by atoms with van der Waals surface area (Å²) < 4.78 is 0. The Morgan fingerprint density at radius 1 is 1.15 bits per heavy atom. The van der Waals surface area contributed by atoms with Gasteiger partial charge in [0.05, 0.1) is 0 Å². The quantitative estimate of drug-likeness (QED) is 0.696. The smallest absolute Gasteiger partial charge is 0.277 e. The molecule has 1 aromatic heterocycles. The first-order valence-corrected chi connectivity index (χ1v) is 3.84. The predicted octanol–water partition coefficient (Wildman–Crippen LogP) is 0.832. The van der Waals surface area contributed by atoms with Crippen LogP contribution in [0.1, 0.15) is 0 Å². The van der Waals surface area contributed by atoms with Crippen molar-refractivity contribution in [1.29, 1.82) is 0 Å². The van der Waals surface area contributed by atoms with Gasteiger partial charge in [0.15, 0.2) is 5.69 Å². The molecule has 1 N–H and O–H groups in total. The molecule has 0 atom stereocenters. The lowest BCUT2D eigenvalue weighted by atomic mass is 10.2. The van der Waals surface area contributed by atoms with Crippen molar-refractivity contribution < 1.29 is 0 Å². The van der Waals surface area contributed by atoms with Crippen LogP contribution in [0.2, 0.25) is 0 Å². The molecule has 0 spiro atoms. The van der Waals surface area contributed by atoms with Gasteiger partial charge in [-0.2, -0.15) is 0 Å². The number of aromatic amines is 1. The number of nitrogens with one attached hydrogen (secondary N) is 1. The summed E-state index contributed by atoms with van der Waals surface area (Å²) in [6.45, 7) is 0. The van der Waals surface area contributed by atoms with E-state index in [0.717, 1.165) is 5.56 Å². The van der Waals surface area contributed by atoms with Crippen LogP contribution in [0.3, 0.4) is 0 Å². The highest BCUT2D eigenvalue weighted by Crippen LogP contribution is 2.09. The third-order valence-corrected chi connectivity index (χ3v) is 1.67. The zero-order chi connectivity index (χ0) is 9.10. The van der Waals surface area contributed by atoms with E-state index in [-0.39, 0.29) is 5.56 Å². The molecule has 0 aliphatic heterocycles. The van der Waals surface area contributed by atoms with Crippen LogP contribution in [0, 0.1) is 0 Å². The van der Waals surface area contributed by atoms with E-state index in [1.165, 1.54) is 6.33 Å². The Kier molecular flexibility index (Phi) is 1.88. The van der Waals surface area contributed by atoms with Gasteiger partial charge in [-0.15, -0.1) is 10.2 Å². The van der Waals surface area contributed by atoms with Crippen LogP contribution >= 0.6 is 0 Å². The lowest BCUT2D eigenvalue weighted by Gasteiger charge is -1.95. The standard InChI is InChI=1S/C9H7N3O/c13-9-8(12-11-6-10-9)7-4-2-1-3-5-7/h1-6H,(H,10,11,13)/i10+1. The Labute approximate surface area is 74.3 Å². The maximum atomic E-state index is 11.3. The fourth-order valence-electron chi connectivity index (χ4n) is 1.07. The summed E-state index contributed by atoms with van der Waals surface area (Å²) in [4.78, 5) is 13.7. The molecule has 0 saturated heterocycles. The van der Waals surface area contributed by atoms with Gasteiger partial charge in [-0.3, -0.25) is 4.79 Å². The third-order valence-electron chi connectivity index (χ3n) is 1.67. The van der Waals surface area contributed by atoms with Crippen LogP contribution in [-0.2, 0) is 0 Å². The molecular formula is C9H7N3O. The first-order chi connectivity index (χ1) is 6.38. The first kappa shape index (κ1) is 7.67. The molecule has 1 heterocycles. The van der Waals surface area contributed by atoms with Gasteiger partial charge in [0, 0.05) is 5.56 Å². The van der Waals surface area contributed by atoms with Gasteiger partial charge in [0.2, 0.25) is 0 Å². The molecule has 2 aromatic rings. The van der Waals surface area contributed by atoms with Crippen molar-refractivity contribution in [2.24, 2.45) is 0 Å². The van der Waals surface area contributed by atoms with Crippen molar-refractivity contribution in [1.82, 2.24) is 15.2 Å². The van der Waals surface area contributed by atoms with Gasteiger partial charge in [-0.1, -0.05) is 30.3 Å². The summed E-state index contributed by atoms with van der Waals surface area (Å²) >= 11 is 0. The van der Waals surface area contributed by atoms with Crippen LogP contribution in [-0.4, -0.2) is 15.2 Å². The minimum absolute atomic E-state index is 0.221. The summed E-state index contributed by atoms with van der Waals surface area (Å²) in [5, 5.41) is 7.37. The van der Waals surface area contributed by atoms with E-state index >= 15 is 0 Å². The topological polar surface area (TPSA) is 58.6 Å². The number of hydrogen-bond donors (Lipinski definition) is 1. The van der Waals surface area contributed by atoms with E-state index in [0.29, 0.717) is 5.69 Å². The lowest BCUT2D eigenvalue weighted by Crippen LogP contribution is -2.11. The summed E-state index contributed by atoms with van der Waals surface area (Å²) in [7, 11) is 0. The number of rotatable bonds is 1. The van der Waals surface area contributed by atoms with Crippen molar-refractivity contribution in [3.8, 4) is 11.3 Å². The molecule has 0 aliphatic carbocycles. The van der Waals surface area contributed by atoms with Crippen molar-refractivity contribution in [2.75, 3.05) is 0 Å². The molecule has 4 heteroatoms. The Balaban J connectivity index is 2.60. The maximum absolute atomic E-state index is 11.3. The molecule has 1 aromatic carbocycles. The largest absolute Gasteiger partial charge is 0.310 e. The average molecular weight is 174 g/mol. The summed E-state index contributed by atoms with van der Waals surface area (Å²) in [5.41, 5.74) is 0.904. The zero-order valence-electron chi connectivity index (χ0n) is 6.77. The van der Waals surface area contributed by atoms with Crippen molar-refractivity contribution in [3.63, 3.8) is 0 Å². The van der Waals surface area contributed by atoms with E-state index in [2.05, 4.69) is 15.2 Å². The van der Waals surface area contributed by atoms with Gasteiger partial charge in [0.1, 0.15) is 6.33 Å². The van der Waals surface area contributed by atoms with Gasteiger partial charge in [-0.05, 0) is 0 Å². The summed E-state index contributed by atoms with van der Waals surface area (Å²) in [5.74, 6) is 0. The van der Waals surface area contributed by atoms with Crippen LogP contribution in [0.25, 0.3) is 11.3 Å². The number of hydrogen-bond acceptors (Lipinski definition) is 3. The molecule has 0 bridgehead atoms. The third kappa shape index (κ3) is 1.46. The Bertz CT molecular complexity index is 450. The predicted molar refractivity (Wildman–Crippen MR) is 48.1 cm³/mol. The van der Waals surface area contributed by atoms with Gasteiger partial charge in [-0.25, -0.2) is 0 Å². The Morgan fingerprint density at radius 3 is 2.62 bits per heavy atom. The number of benzene rings is 1. The molecule has 13 heavy (non-hydrogen) atoms. The van der Waals surface area contributed by atoms with Crippen LogP contribution in [0.15, 0.2) is 41.5 Å². The summed E-state index contributed by atoms with van der Waals surface area (Å²) in [6.07, 6.45) is 1.27.